The third-order valence-electron chi connectivity index (χ3n) is 1.76. The second-order valence-corrected chi connectivity index (χ2v) is 4.61. The topological polar surface area (TPSA) is 67.2 Å². The van der Waals surface area contributed by atoms with Gasteiger partial charge in [-0.15, -0.1) is 0 Å². The molecule has 4 nitrogen and oxygen atoms in total. The van der Waals surface area contributed by atoms with Crippen molar-refractivity contribution in [2.45, 2.75) is 18.2 Å². The highest BCUT2D eigenvalue weighted by molar-refractivity contribution is 7.86. The Morgan fingerprint density at radius 2 is 1.93 bits per heavy atom. The molecule has 1 rings (SSSR count). The Kier molecular flexibility index (Phi) is 3.83. The van der Waals surface area contributed by atoms with Crippen LogP contribution in [0.15, 0.2) is 29.2 Å². The third-order valence-corrected chi connectivity index (χ3v) is 3.09. The molecule has 1 aromatic carbocycles. The molecule has 0 amide bonds. The molecule has 0 fully saturated rings. The molecule has 5 heteroatoms. The smallest absolute Gasteiger partial charge is 0.265 e. The van der Waals surface area contributed by atoms with Crippen LogP contribution in [0.2, 0.25) is 0 Å². The molecule has 0 aliphatic heterocycles. The summed E-state index contributed by atoms with van der Waals surface area (Å²) >= 11 is 0. The number of benzene rings is 1. The average Bonchev–Trinajstić information content (AvgIpc) is 2.18. The zero-order valence-corrected chi connectivity index (χ0v) is 9.12. The van der Waals surface area contributed by atoms with Crippen molar-refractivity contribution in [3.05, 3.63) is 29.8 Å². The van der Waals surface area contributed by atoms with E-state index in [4.69, 9.17) is 5.26 Å². The van der Waals surface area contributed by atoms with Crippen LogP contribution < -0.4 is 0 Å². The van der Waals surface area contributed by atoms with Gasteiger partial charge in [0.1, 0.15) is 0 Å². The highest BCUT2D eigenvalue weighted by Crippen LogP contribution is 2.13. The van der Waals surface area contributed by atoms with Gasteiger partial charge in [0.05, 0.1) is 24.0 Å². The van der Waals surface area contributed by atoms with Gasteiger partial charge in [-0.2, -0.15) is 13.7 Å². The first-order valence-electron chi connectivity index (χ1n) is 4.39. The van der Waals surface area contributed by atoms with E-state index in [-0.39, 0.29) is 17.9 Å². The second-order valence-electron chi connectivity index (χ2n) is 3.00. The molecule has 0 saturated heterocycles. The summed E-state index contributed by atoms with van der Waals surface area (Å²) < 4.78 is 27.6. The van der Waals surface area contributed by atoms with Gasteiger partial charge in [-0.1, -0.05) is 17.7 Å². The molecule has 80 valence electrons. The Morgan fingerprint density at radius 1 is 1.33 bits per heavy atom. The Bertz CT molecular complexity index is 456. The van der Waals surface area contributed by atoms with E-state index in [9.17, 15) is 8.42 Å². The van der Waals surface area contributed by atoms with Crippen molar-refractivity contribution in [1.29, 1.82) is 5.26 Å². The van der Waals surface area contributed by atoms with Crippen LogP contribution in [0.25, 0.3) is 0 Å². The first-order valence-corrected chi connectivity index (χ1v) is 5.80. The molecular weight excluding hydrogens is 217 g/mol. The number of hydrogen-bond acceptors (Lipinski definition) is 4. The summed E-state index contributed by atoms with van der Waals surface area (Å²) in [6.07, 6.45) is 0.0606. The van der Waals surface area contributed by atoms with Crippen molar-refractivity contribution in [2.75, 3.05) is 6.61 Å². The van der Waals surface area contributed by atoms with Crippen molar-refractivity contribution in [3.63, 3.8) is 0 Å². The largest absolute Gasteiger partial charge is 0.297 e. The maximum atomic E-state index is 11.5. The molecule has 0 heterocycles. The van der Waals surface area contributed by atoms with Crippen molar-refractivity contribution in [1.82, 2.24) is 0 Å². The van der Waals surface area contributed by atoms with Crippen molar-refractivity contribution >= 4 is 10.1 Å². The van der Waals surface area contributed by atoms with Gasteiger partial charge in [0.2, 0.25) is 0 Å². The molecule has 1 aromatic rings. The van der Waals surface area contributed by atoms with Crippen LogP contribution in [0, 0.1) is 18.3 Å². The lowest BCUT2D eigenvalue weighted by molar-refractivity contribution is 0.326. The van der Waals surface area contributed by atoms with Crippen molar-refractivity contribution in [2.24, 2.45) is 0 Å². The molecule has 0 N–H and O–H groups in total. The number of hydrogen-bond donors (Lipinski definition) is 0. The molecule has 0 aliphatic carbocycles. The summed E-state index contributed by atoms with van der Waals surface area (Å²) in [6.45, 7) is 1.76. The standard InChI is InChI=1S/C10H11NO3S/c1-9-3-5-10(6-4-9)15(12,13)14-8-2-7-11/h3-6H,2,8H2,1H3/i2+1,7+1,8+1. The maximum Gasteiger partial charge on any atom is 0.297 e. The Balaban J connectivity index is 2.79. The first-order chi connectivity index (χ1) is 7.06. The average molecular weight is 228 g/mol. The highest BCUT2D eigenvalue weighted by Gasteiger charge is 2.13. The molecule has 0 atom stereocenters. The second kappa shape index (κ2) is 4.91. The molecule has 0 spiro atoms. The Morgan fingerprint density at radius 3 is 2.47 bits per heavy atom. The predicted octanol–water partition coefficient (Wildman–Crippen LogP) is 1.61. The fraction of sp³-hybridized carbons (Fsp3) is 0.300. The van der Waals surface area contributed by atoms with Gasteiger partial charge in [-0.05, 0) is 19.1 Å². The van der Waals surface area contributed by atoms with Gasteiger partial charge in [0.25, 0.3) is 10.1 Å². The van der Waals surface area contributed by atoms with E-state index in [0.29, 0.717) is 0 Å². The molecule has 0 bridgehead atoms. The first kappa shape index (κ1) is 11.7. The van der Waals surface area contributed by atoms with Crippen LogP contribution in [0.5, 0.6) is 0 Å². The Labute approximate surface area is 89.2 Å². The SMILES string of the molecule is Cc1ccc(S(=O)(=O)O[13CH2][13CH2][13C]#N)cc1. The van der Waals surface area contributed by atoms with E-state index in [1.807, 2.05) is 13.0 Å². The van der Waals surface area contributed by atoms with Gasteiger partial charge in [0.15, 0.2) is 0 Å². The van der Waals surface area contributed by atoms with Gasteiger partial charge < -0.3 is 0 Å². The summed E-state index contributed by atoms with van der Waals surface area (Å²) in [7, 11) is -3.70. The predicted molar refractivity (Wildman–Crippen MR) is 54.5 cm³/mol. The lowest BCUT2D eigenvalue weighted by Crippen LogP contribution is -2.07. The van der Waals surface area contributed by atoms with Gasteiger partial charge in [0, 0.05) is 0 Å². The quantitative estimate of drug-likeness (QED) is 0.446. The molecule has 0 unspecified atom stereocenters. The summed E-state index contributed by atoms with van der Waals surface area (Å²) in [4.78, 5) is 0.117. The zero-order chi connectivity index (χ0) is 11.3. The fourth-order valence-electron chi connectivity index (χ4n) is 0.970. The van der Waals surface area contributed by atoms with Gasteiger partial charge in [-0.3, -0.25) is 4.18 Å². The highest BCUT2D eigenvalue weighted by atomic mass is 32.2. The van der Waals surface area contributed by atoms with E-state index in [0.717, 1.165) is 5.56 Å². The van der Waals surface area contributed by atoms with Crippen LogP contribution in [0.3, 0.4) is 0 Å². The number of nitrogens with zero attached hydrogens (tertiary/aromatic N) is 1. The van der Waals surface area contributed by atoms with Gasteiger partial charge in [-0.25, -0.2) is 0 Å². The van der Waals surface area contributed by atoms with Crippen molar-refractivity contribution in [3.8, 4) is 6.07 Å². The van der Waals surface area contributed by atoms with E-state index in [1.165, 1.54) is 12.1 Å². The van der Waals surface area contributed by atoms with Crippen molar-refractivity contribution < 1.29 is 12.6 Å². The zero-order valence-electron chi connectivity index (χ0n) is 8.30. The number of aryl methyl sites for hydroxylation is 1. The summed E-state index contributed by atoms with van der Waals surface area (Å²) in [5, 5.41) is 8.25. The third kappa shape index (κ3) is 3.35. The van der Waals surface area contributed by atoms with Crippen LogP contribution in [-0.2, 0) is 14.3 Å². The van der Waals surface area contributed by atoms with E-state index >= 15 is 0 Å². The van der Waals surface area contributed by atoms with Gasteiger partial charge >= 0.3 is 0 Å². The minimum Gasteiger partial charge on any atom is -0.265 e. The number of rotatable bonds is 4. The summed E-state index contributed by atoms with van der Waals surface area (Å²) in [6, 6.07) is 8.17. The molecule has 15 heavy (non-hydrogen) atoms. The summed E-state index contributed by atoms with van der Waals surface area (Å²) in [5.74, 6) is 0. The monoisotopic (exact) mass is 228 g/mol. The molecule has 0 saturated carbocycles. The number of nitriles is 1. The van der Waals surface area contributed by atoms with Crippen LogP contribution >= 0.6 is 0 Å². The molecule has 0 aromatic heterocycles. The van der Waals surface area contributed by atoms with E-state index in [2.05, 4.69) is 4.18 Å². The fourth-order valence-corrected chi connectivity index (χ4v) is 1.88. The normalized spacial score (nSPS) is 10.9. The van der Waals surface area contributed by atoms with E-state index < -0.39 is 10.1 Å². The van der Waals surface area contributed by atoms with Crippen LogP contribution in [0.1, 0.15) is 12.0 Å². The minimum absolute atomic E-state index is 0.0606. The molecule has 0 radical (unpaired) electrons. The minimum atomic E-state index is -3.70. The van der Waals surface area contributed by atoms with Crippen LogP contribution in [-0.4, -0.2) is 15.0 Å². The van der Waals surface area contributed by atoms with Crippen LogP contribution in [0.4, 0.5) is 0 Å². The molecular formula is C10H11NO3S. The Hall–Kier alpha value is -1.38. The lowest BCUT2D eigenvalue weighted by atomic mass is 10.2. The summed E-state index contributed by atoms with van der Waals surface area (Å²) in [5.41, 5.74) is 0.978. The maximum absolute atomic E-state index is 11.5. The molecule has 0 aliphatic rings. The lowest BCUT2D eigenvalue weighted by Gasteiger charge is -2.03. The van der Waals surface area contributed by atoms with E-state index in [1.54, 1.807) is 12.1 Å².